The number of para-hydroxylation sites is 2. The van der Waals surface area contributed by atoms with Gasteiger partial charge in [-0.15, -0.1) is 0 Å². The molecule has 3 rings (SSSR count). The first-order valence-electron chi connectivity index (χ1n) is 8.34. The maximum atomic E-state index is 12.6. The molecule has 1 aromatic rings. The fraction of sp³-hybridized carbons (Fsp3) is 0.471. The Balaban J connectivity index is 1.47. The molecular weight excluding hydrogens is 342 g/mol. The molecule has 3 amide bonds. The average molecular weight is 363 g/mol. The zero-order valence-corrected chi connectivity index (χ0v) is 14.5. The van der Waals surface area contributed by atoms with Crippen molar-refractivity contribution in [1.82, 2.24) is 15.1 Å². The zero-order valence-electron chi connectivity index (χ0n) is 14.5. The molecule has 0 aliphatic carbocycles. The monoisotopic (exact) mass is 363 g/mol. The van der Waals surface area contributed by atoms with Crippen LogP contribution in [0.15, 0.2) is 24.3 Å². The summed E-state index contributed by atoms with van der Waals surface area (Å²) >= 11 is 0. The first-order chi connectivity index (χ1) is 12.6. The van der Waals surface area contributed by atoms with Gasteiger partial charge < -0.3 is 19.1 Å². The first kappa shape index (κ1) is 18.0. The number of hydrogen-bond acceptors (Lipinski definition) is 7. The number of carbonyl (C=O) groups is 3. The molecule has 0 aromatic heterocycles. The molecule has 1 N–H and O–H groups in total. The van der Waals surface area contributed by atoms with Crippen LogP contribution in [0.25, 0.3) is 0 Å². The summed E-state index contributed by atoms with van der Waals surface area (Å²) < 4.78 is 15.7. The van der Waals surface area contributed by atoms with Crippen molar-refractivity contribution in [1.29, 1.82) is 0 Å². The Morgan fingerprint density at radius 3 is 2.54 bits per heavy atom. The number of ether oxygens (including phenoxy) is 3. The topological polar surface area (TPSA) is 97.4 Å². The summed E-state index contributed by atoms with van der Waals surface area (Å²) in [6.07, 6.45) is -1.45. The number of methoxy groups -OCH3 is 1. The number of carbonyl (C=O) groups excluding carboxylic acids is 3. The molecule has 0 saturated carbocycles. The summed E-state index contributed by atoms with van der Waals surface area (Å²) in [5.74, 6) is 0.642. The van der Waals surface area contributed by atoms with Gasteiger partial charge in [0.15, 0.2) is 11.5 Å². The second-order valence-electron chi connectivity index (χ2n) is 6.01. The minimum absolute atomic E-state index is 0.0769. The Morgan fingerprint density at radius 2 is 1.85 bits per heavy atom. The molecule has 0 spiro atoms. The summed E-state index contributed by atoms with van der Waals surface area (Å²) in [6, 6.07) is 7.24. The third-order valence-electron chi connectivity index (χ3n) is 4.26. The Bertz CT molecular complexity index is 687. The van der Waals surface area contributed by atoms with Crippen molar-refractivity contribution in [2.75, 3.05) is 46.4 Å². The van der Waals surface area contributed by atoms with Gasteiger partial charge in [-0.05, 0) is 12.1 Å². The molecule has 0 radical (unpaired) electrons. The Morgan fingerprint density at radius 1 is 1.15 bits per heavy atom. The maximum absolute atomic E-state index is 12.6. The van der Waals surface area contributed by atoms with Gasteiger partial charge in [-0.1, -0.05) is 12.1 Å². The molecule has 1 atom stereocenters. The summed E-state index contributed by atoms with van der Waals surface area (Å²) in [5, 5.41) is 2.11. The number of benzene rings is 1. The molecular formula is C17H21N3O6. The number of imide groups is 1. The van der Waals surface area contributed by atoms with Crippen molar-refractivity contribution < 1.29 is 28.6 Å². The Labute approximate surface area is 150 Å². The fourth-order valence-electron chi connectivity index (χ4n) is 2.88. The van der Waals surface area contributed by atoms with Gasteiger partial charge in [0, 0.05) is 26.2 Å². The zero-order chi connectivity index (χ0) is 18.5. The highest BCUT2D eigenvalue weighted by Gasteiger charge is 2.32. The smallest absolute Gasteiger partial charge is 0.413 e. The Kier molecular flexibility index (Phi) is 5.57. The van der Waals surface area contributed by atoms with Gasteiger partial charge in [0.05, 0.1) is 13.7 Å². The lowest BCUT2D eigenvalue weighted by Crippen LogP contribution is -2.55. The van der Waals surface area contributed by atoms with Crippen LogP contribution in [-0.2, 0) is 14.3 Å². The van der Waals surface area contributed by atoms with Crippen molar-refractivity contribution in [3.05, 3.63) is 24.3 Å². The lowest BCUT2D eigenvalue weighted by molar-refractivity contribution is -0.143. The first-order valence-corrected chi connectivity index (χ1v) is 8.34. The van der Waals surface area contributed by atoms with E-state index >= 15 is 0 Å². The minimum atomic E-state index is -0.779. The van der Waals surface area contributed by atoms with E-state index in [1.54, 1.807) is 17.0 Å². The number of nitrogens with zero attached hydrogens (tertiary/aromatic N) is 2. The van der Waals surface area contributed by atoms with E-state index < -0.39 is 18.1 Å². The van der Waals surface area contributed by atoms with Crippen LogP contribution in [0.2, 0.25) is 0 Å². The predicted molar refractivity (Wildman–Crippen MR) is 89.9 cm³/mol. The van der Waals surface area contributed by atoms with Crippen molar-refractivity contribution in [3.8, 4) is 11.5 Å². The van der Waals surface area contributed by atoms with Crippen LogP contribution in [0.1, 0.15) is 0 Å². The molecule has 9 nitrogen and oxygen atoms in total. The van der Waals surface area contributed by atoms with E-state index in [1.807, 2.05) is 17.0 Å². The van der Waals surface area contributed by atoms with E-state index in [2.05, 4.69) is 10.1 Å². The molecule has 1 saturated heterocycles. The number of alkyl carbamates (subject to hydrolysis) is 1. The highest BCUT2D eigenvalue weighted by molar-refractivity contribution is 5.92. The van der Waals surface area contributed by atoms with Crippen LogP contribution in [0.5, 0.6) is 11.5 Å². The van der Waals surface area contributed by atoms with Crippen LogP contribution in [0.3, 0.4) is 0 Å². The van der Waals surface area contributed by atoms with E-state index in [1.165, 1.54) is 7.11 Å². The minimum Gasteiger partial charge on any atom is -0.485 e. The lowest BCUT2D eigenvalue weighted by Gasteiger charge is -2.36. The number of amides is 3. The lowest BCUT2D eigenvalue weighted by atomic mass is 10.2. The van der Waals surface area contributed by atoms with Gasteiger partial charge in [-0.2, -0.15) is 0 Å². The van der Waals surface area contributed by atoms with Crippen molar-refractivity contribution in [3.63, 3.8) is 0 Å². The van der Waals surface area contributed by atoms with E-state index in [0.29, 0.717) is 37.7 Å². The number of piperazine rings is 1. The molecule has 1 aromatic carbocycles. The van der Waals surface area contributed by atoms with Gasteiger partial charge >= 0.3 is 6.09 Å². The quantitative estimate of drug-likeness (QED) is 0.798. The average Bonchev–Trinajstić information content (AvgIpc) is 2.67. The summed E-state index contributed by atoms with van der Waals surface area (Å²) in [4.78, 5) is 38.9. The van der Waals surface area contributed by atoms with Gasteiger partial charge in [-0.25, -0.2) is 4.79 Å². The highest BCUT2D eigenvalue weighted by atomic mass is 16.6. The molecule has 140 valence electrons. The van der Waals surface area contributed by atoms with Crippen LogP contribution in [0, 0.1) is 0 Å². The van der Waals surface area contributed by atoms with Gasteiger partial charge in [0.1, 0.15) is 6.61 Å². The molecule has 0 unspecified atom stereocenters. The maximum Gasteiger partial charge on any atom is 0.413 e. The third kappa shape index (κ3) is 4.23. The summed E-state index contributed by atoms with van der Waals surface area (Å²) in [6.45, 7) is 2.28. The fourth-order valence-corrected chi connectivity index (χ4v) is 2.88. The van der Waals surface area contributed by atoms with E-state index in [9.17, 15) is 14.4 Å². The summed E-state index contributed by atoms with van der Waals surface area (Å²) in [5.41, 5.74) is 0. The Hall–Kier alpha value is -2.81. The van der Waals surface area contributed by atoms with Crippen LogP contribution in [-0.4, -0.2) is 80.3 Å². The third-order valence-corrected chi connectivity index (χ3v) is 4.26. The van der Waals surface area contributed by atoms with E-state index in [0.717, 1.165) is 0 Å². The largest absolute Gasteiger partial charge is 0.485 e. The van der Waals surface area contributed by atoms with Gasteiger partial charge in [0.25, 0.3) is 5.91 Å². The molecule has 2 aliphatic heterocycles. The summed E-state index contributed by atoms with van der Waals surface area (Å²) in [7, 11) is 1.20. The second kappa shape index (κ2) is 8.05. The van der Waals surface area contributed by atoms with Gasteiger partial charge in [-0.3, -0.25) is 19.8 Å². The second-order valence-corrected chi connectivity index (χ2v) is 6.01. The predicted octanol–water partition coefficient (Wildman–Crippen LogP) is -0.147. The van der Waals surface area contributed by atoms with Crippen molar-refractivity contribution >= 4 is 17.9 Å². The molecule has 0 bridgehead atoms. The number of nitrogens with one attached hydrogen (secondary N) is 1. The van der Waals surface area contributed by atoms with Crippen molar-refractivity contribution in [2.24, 2.45) is 0 Å². The highest BCUT2D eigenvalue weighted by Crippen LogP contribution is 2.31. The SMILES string of the molecule is COC(=O)NC(=O)CN1CCN(C(=O)[C@H]2COc3ccccc3O2)CC1. The standard InChI is InChI=1S/C17H21N3O6/c1-24-17(23)18-15(21)10-19-6-8-20(9-7-19)16(22)14-11-25-12-4-2-3-5-13(12)26-14/h2-5,14H,6-11H2,1H3,(H,18,21,23)/t14-/m1/s1. The van der Waals surface area contributed by atoms with Gasteiger partial charge in [0.2, 0.25) is 12.0 Å². The van der Waals surface area contributed by atoms with Crippen LogP contribution < -0.4 is 14.8 Å². The number of fused-ring (bicyclic) bond motifs is 1. The molecule has 2 heterocycles. The molecule has 9 heteroatoms. The van der Waals surface area contributed by atoms with Crippen molar-refractivity contribution in [2.45, 2.75) is 6.10 Å². The van der Waals surface area contributed by atoms with E-state index in [-0.39, 0.29) is 19.1 Å². The molecule has 2 aliphatic rings. The number of rotatable bonds is 3. The van der Waals surface area contributed by atoms with Crippen LogP contribution in [0.4, 0.5) is 4.79 Å². The van der Waals surface area contributed by atoms with E-state index in [4.69, 9.17) is 9.47 Å². The van der Waals surface area contributed by atoms with Crippen LogP contribution >= 0.6 is 0 Å². The molecule has 1 fully saturated rings. The normalized spacial score (nSPS) is 19.6. The molecule has 26 heavy (non-hydrogen) atoms. The number of hydrogen-bond donors (Lipinski definition) is 1.